The fourth-order valence-corrected chi connectivity index (χ4v) is 3.77. The predicted octanol–water partition coefficient (Wildman–Crippen LogP) is 4.69. The van der Waals surface area contributed by atoms with Crippen LogP contribution in [0.1, 0.15) is 40.9 Å². The van der Waals surface area contributed by atoms with E-state index in [-0.39, 0.29) is 5.91 Å². The van der Waals surface area contributed by atoms with Crippen LogP contribution in [-0.2, 0) is 0 Å². The lowest BCUT2D eigenvalue weighted by Gasteiger charge is -2.25. The lowest BCUT2D eigenvalue weighted by molar-refractivity contribution is 0.103. The average Bonchev–Trinajstić information content (AvgIpc) is 2.79. The second kappa shape index (κ2) is 6.97. The van der Waals surface area contributed by atoms with Crippen LogP contribution in [0.4, 0.5) is 11.4 Å². The van der Waals surface area contributed by atoms with Crippen molar-refractivity contribution in [3.05, 3.63) is 46.2 Å². The first-order chi connectivity index (χ1) is 10.8. The molecule has 0 radical (unpaired) electrons. The van der Waals surface area contributed by atoms with Crippen molar-refractivity contribution in [1.29, 1.82) is 0 Å². The molecule has 0 atom stereocenters. The van der Waals surface area contributed by atoms with Crippen LogP contribution >= 0.6 is 11.3 Å². The normalized spacial score (nSPS) is 15.4. The Bertz CT molecular complexity index is 642. The summed E-state index contributed by atoms with van der Waals surface area (Å²) in [5.41, 5.74) is 3.10. The zero-order valence-corrected chi connectivity index (χ0v) is 13.8. The monoisotopic (exact) mass is 314 g/mol. The van der Waals surface area contributed by atoms with Gasteiger partial charge in [0.2, 0.25) is 0 Å². The first-order valence-electron chi connectivity index (χ1n) is 7.95. The molecule has 2 aromatic rings. The number of carbonyl (C=O) groups is 1. The van der Waals surface area contributed by atoms with Crippen molar-refractivity contribution in [1.82, 2.24) is 0 Å². The second-order valence-corrected chi connectivity index (χ2v) is 6.72. The van der Waals surface area contributed by atoms with Gasteiger partial charge in [-0.1, -0.05) is 25.0 Å². The Morgan fingerprint density at radius 2 is 1.82 bits per heavy atom. The van der Waals surface area contributed by atoms with E-state index in [1.807, 2.05) is 36.6 Å². The minimum absolute atomic E-state index is 0.00484. The molecule has 1 aliphatic heterocycles. The van der Waals surface area contributed by atoms with E-state index in [0.29, 0.717) is 0 Å². The highest BCUT2D eigenvalue weighted by Crippen LogP contribution is 2.29. The van der Waals surface area contributed by atoms with E-state index in [0.717, 1.165) is 34.9 Å². The maximum Gasteiger partial charge on any atom is 0.266 e. The molecular formula is C18H22N2OS. The van der Waals surface area contributed by atoms with Crippen LogP contribution in [-0.4, -0.2) is 19.0 Å². The van der Waals surface area contributed by atoms with Gasteiger partial charge in [-0.3, -0.25) is 4.79 Å². The van der Waals surface area contributed by atoms with Gasteiger partial charge in [0.05, 0.1) is 16.3 Å². The van der Waals surface area contributed by atoms with Crippen LogP contribution in [0.3, 0.4) is 0 Å². The third kappa shape index (κ3) is 3.33. The number of amides is 1. The van der Waals surface area contributed by atoms with E-state index < -0.39 is 0 Å². The van der Waals surface area contributed by atoms with Gasteiger partial charge in [-0.15, -0.1) is 11.3 Å². The number of para-hydroxylation sites is 2. The van der Waals surface area contributed by atoms with E-state index >= 15 is 0 Å². The number of hydrogen-bond donors (Lipinski definition) is 1. The van der Waals surface area contributed by atoms with Gasteiger partial charge in [-0.25, -0.2) is 0 Å². The fraction of sp³-hybridized carbons (Fsp3) is 0.389. The molecular weight excluding hydrogens is 292 g/mol. The van der Waals surface area contributed by atoms with E-state index in [1.54, 1.807) is 0 Å². The first kappa shape index (κ1) is 15.1. The Labute approximate surface area is 136 Å². The highest BCUT2D eigenvalue weighted by atomic mass is 32.1. The molecule has 1 aromatic carbocycles. The van der Waals surface area contributed by atoms with Gasteiger partial charge in [0.15, 0.2) is 0 Å². The lowest BCUT2D eigenvalue weighted by atomic mass is 10.2. The summed E-state index contributed by atoms with van der Waals surface area (Å²) in [6, 6.07) is 10.1. The maximum absolute atomic E-state index is 12.5. The molecule has 1 saturated heterocycles. The summed E-state index contributed by atoms with van der Waals surface area (Å²) in [7, 11) is 0. The minimum Gasteiger partial charge on any atom is -0.370 e. The Kier molecular flexibility index (Phi) is 4.78. The maximum atomic E-state index is 12.5. The SMILES string of the molecule is Cc1ccsc1C(=O)Nc1ccccc1N1CCCCCC1. The largest absolute Gasteiger partial charge is 0.370 e. The summed E-state index contributed by atoms with van der Waals surface area (Å²) in [6.45, 7) is 4.13. The van der Waals surface area contributed by atoms with E-state index in [9.17, 15) is 4.79 Å². The van der Waals surface area contributed by atoms with Crippen molar-refractivity contribution in [3.8, 4) is 0 Å². The Balaban J connectivity index is 1.82. The third-order valence-corrected chi connectivity index (χ3v) is 5.18. The Morgan fingerprint density at radius 1 is 1.09 bits per heavy atom. The average molecular weight is 314 g/mol. The molecule has 3 nitrogen and oxygen atoms in total. The van der Waals surface area contributed by atoms with Crippen LogP contribution < -0.4 is 10.2 Å². The zero-order chi connectivity index (χ0) is 15.4. The summed E-state index contributed by atoms with van der Waals surface area (Å²) in [5, 5.41) is 5.06. The minimum atomic E-state index is -0.00484. The Hall–Kier alpha value is -1.81. The summed E-state index contributed by atoms with van der Waals surface area (Å²) < 4.78 is 0. The molecule has 0 bridgehead atoms. The molecule has 1 fully saturated rings. The summed E-state index contributed by atoms with van der Waals surface area (Å²) in [6.07, 6.45) is 5.07. The summed E-state index contributed by atoms with van der Waals surface area (Å²) in [5.74, 6) is -0.00484. The molecule has 116 valence electrons. The van der Waals surface area contributed by atoms with Crippen LogP contribution in [0, 0.1) is 6.92 Å². The third-order valence-electron chi connectivity index (χ3n) is 4.17. The van der Waals surface area contributed by atoms with Crippen LogP contribution in [0.25, 0.3) is 0 Å². The number of benzene rings is 1. The highest BCUT2D eigenvalue weighted by molar-refractivity contribution is 7.12. The zero-order valence-electron chi connectivity index (χ0n) is 13.0. The lowest BCUT2D eigenvalue weighted by Crippen LogP contribution is -2.25. The van der Waals surface area contributed by atoms with Gasteiger partial charge in [0, 0.05) is 13.1 Å². The molecule has 0 unspecified atom stereocenters. The number of nitrogens with one attached hydrogen (secondary N) is 1. The van der Waals surface area contributed by atoms with Crippen molar-refractivity contribution in [3.63, 3.8) is 0 Å². The van der Waals surface area contributed by atoms with E-state index in [1.165, 1.54) is 37.0 Å². The molecule has 1 N–H and O–H groups in total. The predicted molar refractivity (Wildman–Crippen MR) is 94.1 cm³/mol. The molecule has 0 aliphatic carbocycles. The standard InChI is InChI=1S/C18H22N2OS/c1-14-10-13-22-17(14)18(21)19-15-8-4-5-9-16(15)20-11-6-2-3-7-12-20/h4-5,8-10,13H,2-3,6-7,11-12H2,1H3,(H,19,21). The molecule has 3 rings (SSSR count). The van der Waals surface area contributed by atoms with Gasteiger partial charge >= 0.3 is 0 Å². The molecule has 1 amide bonds. The number of hydrogen-bond acceptors (Lipinski definition) is 3. The van der Waals surface area contributed by atoms with Crippen molar-refractivity contribution < 1.29 is 4.79 Å². The summed E-state index contributed by atoms with van der Waals surface area (Å²) >= 11 is 1.50. The molecule has 22 heavy (non-hydrogen) atoms. The highest BCUT2D eigenvalue weighted by Gasteiger charge is 2.16. The van der Waals surface area contributed by atoms with Gasteiger partial charge in [0.1, 0.15) is 0 Å². The molecule has 4 heteroatoms. The number of carbonyl (C=O) groups excluding carboxylic acids is 1. The van der Waals surface area contributed by atoms with Crippen LogP contribution in [0.2, 0.25) is 0 Å². The number of aryl methyl sites for hydroxylation is 1. The summed E-state index contributed by atoms with van der Waals surface area (Å²) in [4.78, 5) is 15.7. The van der Waals surface area contributed by atoms with Gasteiger partial charge in [0.25, 0.3) is 5.91 Å². The first-order valence-corrected chi connectivity index (χ1v) is 8.83. The van der Waals surface area contributed by atoms with Crippen LogP contribution in [0.5, 0.6) is 0 Å². The van der Waals surface area contributed by atoms with Crippen molar-refractivity contribution in [2.24, 2.45) is 0 Å². The van der Waals surface area contributed by atoms with Crippen molar-refractivity contribution >= 4 is 28.6 Å². The quantitative estimate of drug-likeness (QED) is 0.891. The number of nitrogens with zero attached hydrogens (tertiary/aromatic N) is 1. The van der Waals surface area contributed by atoms with Crippen molar-refractivity contribution in [2.45, 2.75) is 32.6 Å². The number of rotatable bonds is 3. The topological polar surface area (TPSA) is 32.3 Å². The fourth-order valence-electron chi connectivity index (χ4n) is 2.95. The van der Waals surface area contributed by atoms with Gasteiger partial charge < -0.3 is 10.2 Å². The van der Waals surface area contributed by atoms with Crippen LogP contribution in [0.15, 0.2) is 35.7 Å². The van der Waals surface area contributed by atoms with Gasteiger partial charge in [-0.2, -0.15) is 0 Å². The van der Waals surface area contributed by atoms with E-state index in [2.05, 4.69) is 16.3 Å². The van der Waals surface area contributed by atoms with Gasteiger partial charge in [-0.05, 0) is 48.9 Å². The number of anilines is 2. The molecule has 0 saturated carbocycles. The van der Waals surface area contributed by atoms with Crippen molar-refractivity contribution in [2.75, 3.05) is 23.3 Å². The molecule has 1 aliphatic rings. The molecule has 1 aromatic heterocycles. The smallest absolute Gasteiger partial charge is 0.266 e. The van der Waals surface area contributed by atoms with E-state index in [4.69, 9.17) is 0 Å². The molecule has 2 heterocycles. The number of thiophene rings is 1. The Morgan fingerprint density at radius 3 is 2.50 bits per heavy atom. The second-order valence-electron chi connectivity index (χ2n) is 5.81. The molecule has 0 spiro atoms.